The highest BCUT2D eigenvalue weighted by molar-refractivity contribution is 7.92. The number of pyridine rings is 2. The van der Waals surface area contributed by atoms with Gasteiger partial charge in [0.25, 0.3) is 0 Å². The van der Waals surface area contributed by atoms with Crippen molar-refractivity contribution in [1.82, 2.24) is 14.9 Å². The smallest absolute Gasteiger partial charge is 0.325 e. The van der Waals surface area contributed by atoms with Crippen LogP contribution in [-0.2, 0) is 16.0 Å². The van der Waals surface area contributed by atoms with Crippen molar-refractivity contribution < 1.29 is 30.8 Å². The Balaban J connectivity index is 1.66. The predicted octanol–water partition coefficient (Wildman–Crippen LogP) is 4.13. The average molecular weight is 474 g/mol. The third kappa shape index (κ3) is 4.84. The van der Waals surface area contributed by atoms with E-state index in [1.165, 1.54) is 31.0 Å². The van der Waals surface area contributed by atoms with E-state index in [9.17, 15) is 30.8 Å². The average Bonchev–Trinajstić information content (AvgIpc) is 2.74. The Labute approximate surface area is 182 Å². The van der Waals surface area contributed by atoms with E-state index >= 15 is 0 Å². The first kappa shape index (κ1) is 23.9. The molecule has 2 aromatic heterocycles. The molecule has 3 heterocycles. The second kappa shape index (κ2) is 8.64. The minimum atomic E-state index is -4.66. The quantitative estimate of drug-likeness (QED) is 0.531. The monoisotopic (exact) mass is 474 g/mol. The number of halogens is 4. The Kier molecular flexibility index (Phi) is 6.45. The Morgan fingerprint density at radius 2 is 1.72 bits per heavy atom. The number of piperidine rings is 1. The lowest BCUT2D eigenvalue weighted by atomic mass is 9.86. The summed E-state index contributed by atoms with van der Waals surface area (Å²) in [6, 6.07) is 3.66. The normalized spacial score (nSPS) is 16.1. The van der Waals surface area contributed by atoms with Crippen molar-refractivity contribution in [1.29, 1.82) is 0 Å². The fourth-order valence-electron chi connectivity index (χ4n) is 3.66. The standard InChI is InChI=1S/C20H22F4N4O3S/c1-19(2,32(30,31)15-4-5-16(25-12-15)20(22,23)24)13-7-9-28(10-8-13)18(29)27-14-3-6-17(21)26-11-14/h3-6,11-13H,7-10H2,1-2H3,(H,27,29). The summed E-state index contributed by atoms with van der Waals surface area (Å²) in [7, 11) is -3.98. The molecule has 0 spiro atoms. The highest BCUT2D eigenvalue weighted by atomic mass is 32.2. The van der Waals surface area contributed by atoms with Crippen molar-refractivity contribution in [2.75, 3.05) is 18.4 Å². The molecule has 7 nitrogen and oxygen atoms in total. The molecule has 1 aliphatic heterocycles. The van der Waals surface area contributed by atoms with Crippen molar-refractivity contribution in [3.8, 4) is 0 Å². The van der Waals surface area contributed by atoms with Gasteiger partial charge in [0.2, 0.25) is 5.95 Å². The zero-order chi connectivity index (χ0) is 23.7. The van der Waals surface area contributed by atoms with Crippen molar-refractivity contribution in [3.63, 3.8) is 0 Å². The summed E-state index contributed by atoms with van der Waals surface area (Å²) in [5, 5.41) is 2.61. The lowest BCUT2D eigenvalue weighted by Gasteiger charge is -2.40. The molecule has 1 fully saturated rings. The number of amides is 2. The van der Waals surface area contributed by atoms with Crippen LogP contribution in [0.25, 0.3) is 0 Å². The van der Waals surface area contributed by atoms with E-state index in [4.69, 9.17) is 0 Å². The molecule has 0 bridgehead atoms. The van der Waals surface area contributed by atoms with Gasteiger partial charge in [0.15, 0.2) is 9.84 Å². The molecule has 1 N–H and O–H groups in total. The molecule has 1 saturated heterocycles. The maximum atomic E-state index is 13.1. The molecule has 2 amide bonds. The highest BCUT2D eigenvalue weighted by Gasteiger charge is 2.44. The van der Waals surface area contributed by atoms with Gasteiger partial charge in [-0.05, 0) is 56.9 Å². The van der Waals surface area contributed by atoms with Gasteiger partial charge in [0.1, 0.15) is 5.69 Å². The molecular weight excluding hydrogens is 452 g/mol. The molecule has 1 aliphatic rings. The summed E-state index contributed by atoms with van der Waals surface area (Å²) in [4.78, 5) is 20.4. The largest absolute Gasteiger partial charge is 0.433 e. The van der Waals surface area contributed by atoms with Gasteiger partial charge >= 0.3 is 12.2 Å². The second-order valence-corrected chi connectivity index (χ2v) is 10.6. The van der Waals surface area contributed by atoms with E-state index in [0.29, 0.717) is 24.6 Å². The zero-order valence-electron chi connectivity index (χ0n) is 17.4. The predicted molar refractivity (Wildman–Crippen MR) is 108 cm³/mol. The van der Waals surface area contributed by atoms with E-state index in [-0.39, 0.29) is 23.9 Å². The van der Waals surface area contributed by atoms with Gasteiger partial charge in [-0.15, -0.1) is 0 Å². The molecule has 2 aromatic rings. The molecule has 0 unspecified atom stereocenters. The summed E-state index contributed by atoms with van der Waals surface area (Å²) < 4.78 is 76.1. The number of hydrogen-bond acceptors (Lipinski definition) is 5. The second-order valence-electron chi connectivity index (χ2n) is 8.04. The van der Waals surface area contributed by atoms with Crippen LogP contribution < -0.4 is 5.32 Å². The molecule has 0 saturated carbocycles. The SMILES string of the molecule is CC(C)(C1CCN(C(=O)Nc2ccc(F)nc2)CC1)S(=O)(=O)c1ccc(C(F)(F)F)nc1. The Bertz CT molecular complexity index is 1060. The molecule has 32 heavy (non-hydrogen) atoms. The summed E-state index contributed by atoms with van der Waals surface area (Å²) in [6.45, 7) is 3.64. The maximum Gasteiger partial charge on any atom is 0.433 e. The van der Waals surface area contributed by atoms with E-state index in [1.54, 1.807) is 0 Å². The van der Waals surface area contributed by atoms with Crippen LogP contribution in [0.4, 0.5) is 28.0 Å². The number of sulfone groups is 1. The van der Waals surface area contributed by atoms with Gasteiger partial charge in [-0.1, -0.05) is 0 Å². The van der Waals surface area contributed by atoms with Gasteiger partial charge in [-0.3, -0.25) is 4.98 Å². The third-order valence-electron chi connectivity index (χ3n) is 5.77. The number of carbonyl (C=O) groups excluding carboxylic acids is 1. The first-order chi connectivity index (χ1) is 14.8. The van der Waals surface area contributed by atoms with Gasteiger partial charge in [-0.25, -0.2) is 18.2 Å². The van der Waals surface area contributed by atoms with Gasteiger partial charge in [-0.2, -0.15) is 17.6 Å². The number of likely N-dealkylation sites (tertiary alicyclic amines) is 1. The summed E-state index contributed by atoms with van der Waals surface area (Å²) >= 11 is 0. The molecular formula is C20H22F4N4O3S. The Hall–Kier alpha value is -2.76. The summed E-state index contributed by atoms with van der Waals surface area (Å²) in [6.07, 6.45) is -1.97. The van der Waals surface area contributed by atoms with Crippen LogP contribution in [0.3, 0.4) is 0 Å². The maximum absolute atomic E-state index is 13.1. The van der Waals surface area contributed by atoms with Gasteiger partial charge in [0.05, 0.1) is 21.5 Å². The summed E-state index contributed by atoms with van der Waals surface area (Å²) in [5.41, 5.74) is -0.832. The number of hydrogen-bond donors (Lipinski definition) is 1. The van der Waals surface area contributed by atoms with Crippen LogP contribution in [0.5, 0.6) is 0 Å². The lowest BCUT2D eigenvalue weighted by molar-refractivity contribution is -0.141. The van der Waals surface area contributed by atoms with Crippen LogP contribution in [0, 0.1) is 11.9 Å². The molecule has 0 radical (unpaired) electrons. The van der Waals surface area contributed by atoms with Gasteiger partial charge < -0.3 is 10.2 Å². The molecule has 0 aromatic carbocycles. The van der Waals surface area contributed by atoms with Crippen LogP contribution in [0.2, 0.25) is 0 Å². The number of nitrogens with one attached hydrogen (secondary N) is 1. The molecule has 174 valence electrons. The fraction of sp³-hybridized carbons (Fsp3) is 0.450. The molecule has 0 atom stereocenters. The fourth-order valence-corrected chi connectivity index (χ4v) is 5.38. The first-order valence-corrected chi connectivity index (χ1v) is 11.3. The van der Waals surface area contributed by atoms with Crippen LogP contribution in [-0.4, -0.2) is 47.2 Å². The number of rotatable bonds is 4. The van der Waals surface area contributed by atoms with Crippen molar-refractivity contribution in [3.05, 3.63) is 48.3 Å². The van der Waals surface area contributed by atoms with E-state index in [1.807, 2.05) is 0 Å². The molecule has 0 aliphatic carbocycles. The van der Waals surface area contributed by atoms with Crippen LogP contribution >= 0.6 is 0 Å². The highest BCUT2D eigenvalue weighted by Crippen LogP contribution is 2.38. The number of anilines is 1. The van der Waals surface area contributed by atoms with Crippen molar-refractivity contribution >= 4 is 21.6 Å². The third-order valence-corrected chi connectivity index (χ3v) is 8.35. The van der Waals surface area contributed by atoms with Crippen molar-refractivity contribution in [2.45, 2.75) is 42.5 Å². The van der Waals surface area contributed by atoms with E-state index < -0.39 is 38.4 Å². The Morgan fingerprint density at radius 3 is 2.22 bits per heavy atom. The van der Waals surface area contributed by atoms with Crippen LogP contribution in [0.1, 0.15) is 32.4 Å². The van der Waals surface area contributed by atoms with E-state index in [0.717, 1.165) is 18.3 Å². The topological polar surface area (TPSA) is 92.3 Å². The number of alkyl halides is 3. The van der Waals surface area contributed by atoms with Gasteiger partial charge in [0, 0.05) is 19.3 Å². The number of aromatic nitrogens is 2. The lowest BCUT2D eigenvalue weighted by Crippen LogP contribution is -2.48. The number of nitrogens with zero attached hydrogens (tertiary/aromatic N) is 3. The number of carbonyl (C=O) groups is 1. The number of urea groups is 1. The minimum Gasteiger partial charge on any atom is -0.325 e. The zero-order valence-corrected chi connectivity index (χ0v) is 18.2. The van der Waals surface area contributed by atoms with Crippen molar-refractivity contribution in [2.24, 2.45) is 5.92 Å². The van der Waals surface area contributed by atoms with E-state index in [2.05, 4.69) is 15.3 Å². The molecule has 3 rings (SSSR count). The minimum absolute atomic E-state index is 0.278. The summed E-state index contributed by atoms with van der Waals surface area (Å²) in [5.74, 6) is -0.998. The van der Waals surface area contributed by atoms with Crippen LogP contribution in [0.15, 0.2) is 41.6 Å². The molecule has 12 heteroatoms. The first-order valence-electron chi connectivity index (χ1n) is 9.78. The Morgan fingerprint density at radius 1 is 1.06 bits per heavy atom.